The van der Waals surface area contributed by atoms with Crippen LogP contribution >= 0.6 is 0 Å². The molecule has 1 saturated carbocycles. The molecule has 0 aromatic carbocycles. The Labute approximate surface area is 76.9 Å². The molecule has 1 N–H and O–H groups in total. The number of hydrogen-bond acceptors (Lipinski definition) is 1. The van der Waals surface area contributed by atoms with Crippen LogP contribution in [0.5, 0.6) is 0 Å². The molecule has 1 aliphatic rings. The SMILES string of the molecule is CCNCCCC1[CH]CCCC1. The molecule has 71 valence electrons. The summed E-state index contributed by atoms with van der Waals surface area (Å²) >= 11 is 0. The highest BCUT2D eigenvalue weighted by Crippen LogP contribution is 2.25. The van der Waals surface area contributed by atoms with E-state index in [1.807, 2.05) is 0 Å². The average molecular weight is 168 g/mol. The van der Waals surface area contributed by atoms with Crippen molar-refractivity contribution < 1.29 is 0 Å². The summed E-state index contributed by atoms with van der Waals surface area (Å²) in [5.74, 6) is 0.942. The van der Waals surface area contributed by atoms with E-state index in [0.29, 0.717) is 0 Å². The molecule has 0 aliphatic heterocycles. The fourth-order valence-electron chi connectivity index (χ4n) is 1.95. The molecule has 1 unspecified atom stereocenters. The lowest BCUT2D eigenvalue weighted by atomic mass is 9.86. The summed E-state index contributed by atoms with van der Waals surface area (Å²) < 4.78 is 0. The van der Waals surface area contributed by atoms with E-state index in [9.17, 15) is 0 Å². The summed E-state index contributed by atoms with van der Waals surface area (Å²) in [4.78, 5) is 0. The molecular formula is C11H22N. The highest BCUT2D eigenvalue weighted by atomic mass is 14.8. The van der Waals surface area contributed by atoms with Gasteiger partial charge in [0.05, 0.1) is 0 Å². The Hall–Kier alpha value is -0.0400. The van der Waals surface area contributed by atoms with Gasteiger partial charge in [0.1, 0.15) is 0 Å². The van der Waals surface area contributed by atoms with Gasteiger partial charge in [0, 0.05) is 0 Å². The summed E-state index contributed by atoms with van der Waals surface area (Å²) in [7, 11) is 0. The van der Waals surface area contributed by atoms with Crippen molar-refractivity contribution in [1.29, 1.82) is 0 Å². The van der Waals surface area contributed by atoms with Crippen molar-refractivity contribution in [3.05, 3.63) is 6.42 Å². The van der Waals surface area contributed by atoms with E-state index in [2.05, 4.69) is 18.7 Å². The normalized spacial score (nSPS) is 19.8. The van der Waals surface area contributed by atoms with Gasteiger partial charge in [-0.15, -0.1) is 0 Å². The van der Waals surface area contributed by atoms with Crippen LogP contribution in [0.3, 0.4) is 0 Å². The van der Waals surface area contributed by atoms with Gasteiger partial charge in [-0.3, -0.25) is 0 Å². The monoisotopic (exact) mass is 168 g/mol. The Bertz CT molecular complexity index is 95.2. The lowest BCUT2D eigenvalue weighted by Gasteiger charge is -2.20. The highest BCUT2D eigenvalue weighted by molar-refractivity contribution is 4.80. The van der Waals surface area contributed by atoms with Crippen molar-refractivity contribution in [2.24, 2.45) is 5.92 Å². The predicted molar refractivity (Wildman–Crippen MR) is 54.0 cm³/mol. The van der Waals surface area contributed by atoms with Crippen LogP contribution in [-0.2, 0) is 0 Å². The molecule has 0 heterocycles. The van der Waals surface area contributed by atoms with Crippen LogP contribution in [0.15, 0.2) is 0 Å². The second-order valence-corrected chi connectivity index (χ2v) is 3.78. The maximum absolute atomic E-state index is 3.37. The third-order valence-electron chi connectivity index (χ3n) is 2.71. The van der Waals surface area contributed by atoms with Crippen molar-refractivity contribution in [1.82, 2.24) is 5.32 Å². The summed E-state index contributed by atoms with van der Waals surface area (Å²) in [5, 5.41) is 3.37. The molecule has 0 bridgehead atoms. The minimum Gasteiger partial charge on any atom is -0.317 e. The second kappa shape index (κ2) is 6.47. The first-order valence-electron chi connectivity index (χ1n) is 5.47. The first kappa shape index (κ1) is 10.0. The zero-order chi connectivity index (χ0) is 8.65. The largest absolute Gasteiger partial charge is 0.317 e. The van der Waals surface area contributed by atoms with Gasteiger partial charge < -0.3 is 5.32 Å². The smallest absolute Gasteiger partial charge is 0.00489 e. The van der Waals surface area contributed by atoms with Crippen LogP contribution in [0.1, 0.15) is 45.4 Å². The minimum absolute atomic E-state index is 0.942. The van der Waals surface area contributed by atoms with Gasteiger partial charge in [0.15, 0.2) is 0 Å². The van der Waals surface area contributed by atoms with Gasteiger partial charge in [-0.25, -0.2) is 0 Å². The lowest BCUT2D eigenvalue weighted by molar-refractivity contribution is 0.408. The summed E-state index contributed by atoms with van der Waals surface area (Å²) in [6.07, 6.45) is 11.0. The van der Waals surface area contributed by atoms with Crippen molar-refractivity contribution in [3.63, 3.8) is 0 Å². The standard InChI is InChI=1S/C11H22N/c1-2-12-10-6-9-11-7-4-3-5-8-11/h7,11-12H,2-6,8-10H2,1H3. The van der Waals surface area contributed by atoms with Crippen molar-refractivity contribution in [3.8, 4) is 0 Å². The fourth-order valence-corrected chi connectivity index (χ4v) is 1.95. The van der Waals surface area contributed by atoms with Gasteiger partial charge in [0.25, 0.3) is 0 Å². The molecule has 1 fully saturated rings. The number of rotatable bonds is 5. The third-order valence-corrected chi connectivity index (χ3v) is 2.71. The van der Waals surface area contributed by atoms with Gasteiger partial charge in [-0.05, 0) is 44.7 Å². The maximum atomic E-state index is 3.37. The number of nitrogens with one attached hydrogen (secondary N) is 1. The van der Waals surface area contributed by atoms with Crippen LogP contribution in [-0.4, -0.2) is 13.1 Å². The Balaban J connectivity index is 1.91. The summed E-state index contributed by atoms with van der Waals surface area (Å²) in [5.41, 5.74) is 0. The first-order chi connectivity index (χ1) is 5.93. The molecule has 0 amide bonds. The quantitative estimate of drug-likeness (QED) is 0.622. The van der Waals surface area contributed by atoms with Crippen LogP contribution in [0.2, 0.25) is 0 Å². The molecule has 0 saturated heterocycles. The van der Waals surface area contributed by atoms with Crippen molar-refractivity contribution in [2.45, 2.75) is 45.4 Å². The molecule has 0 aromatic heterocycles. The van der Waals surface area contributed by atoms with Crippen LogP contribution in [0, 0.1) is 12.3 Å². The van der Waals surface area contributed by atoms with E-state index >= 15 is 0 Å². The third kappa shape index (κ3) is 4.10. The van der Waals surface area contributed by atoms with Crippen LogP contribution < -0.4 is 5.32 Å². The maximum Gasteiger partial charge on any atom is -0.00489 e. The lowest BCUT2D eigenvalue weighted by Crippen LogP contribution is -2.16. The van der Waals surface area contributed by atoms with E-state index in [0.717, 1.165) is 12.5 Å². The van der Waals surface area contributed by atoms with Gasteiger partial charge in [0.2, 0.25) is 0 Å². The molecule has 1 nitrogen and oxygen atoms in total. The van der Waals surface area contributed by atoms with Crippen molar-refractivity contribution >= 4 is 0 Å². The summed E-state index contributed by atoms with van der Waals surface area (Å²) in [6.45, 7) is 4.50. The Morgan fingerprint density at radius 1 is 1.42 bits per heavy atom. The van der Waals surface area contributed by atoms with Crippen LogP contribution in [0.4, 0.5) is 0 Å². The van der Waals surface area contributed by atoms with E-state index in [-0.39, 0.29) is 0 Å². The molecule has 1 atom stereocenters. The van der Waals surface area contributed by atoms with Crippen molar-refractivity contribution in [2.75, 3.05) is 13.1 Å². The Kier molecular flexibility index (Phi) is 5.42. The highest BCUT2D eigenvalue weighted by Gasteiger charge is 2.12. The fraction of sp³-hybridized carbons (Fsp3) is 0.909. The van der Waals surface area contributed by atoms with Gasteiger partial charge >= 0.3 is 0 Å². The predicted octanol–water partition coefficient (Wildman–Crippen LogP) is 2.77. The molecule has 1 radical (unpaired) electrons. The van der Waals surface area contributed by atoms with E-state index in [1.54, 1.807) is 0 Å². The Morgan fingerprint density at radius 3 is 3.00 bits per heavy atom. The minimum atomic E-state index is 0.942. The van der Waals surface area contributed by atoms with E-state index < -0.39 is 0 Å². The molecule has 1 heteroatoms. The molecule has 1 rings (SSSR count). The molecule has 12 heavy (non-hydrogen) atoms. The summed E-state index contributed by atoms with van der Waals surface area (Å²) in [6, 6.07) is 0. The first-order valence-corrected chi connectivity index (χ1v) is 5.47. The molecule has 1 aliphatic carbocycles. The van der Waals surface area contributed by atoms with E-state index in [4.69, 9.17) is 0 Å². The van der Waals surface area contributed by atoms with Crippen LogP contribution in [0.25, 0.3) is 0 Å². The van der Waals surface area contributed by atoms with Gasteiger partial charge in [-0.2, -0.15) is 0 Å². The Morgan fingerprint density at radius 2 is 2.33 bits per heavy atom. The average Bonchev–Trinajstić information content (AvgIpc) is 2.14. The number of hydrogen-bond donors (Lipinski definition) is 1. The second-order valence-electron chi connectivity index (χ2n) is 3.78. The van der Waals surface area contributed by atoms with E-state index in [1.165, 1.54) is 45.1 Å². The topological polar surface area (TPSA) is 12.0 Å². The molecule has 0 aromatic rings. The van der Waals surface area contributed by atoms with Gasteiger partial charge in [-0.1, -0.05) is 26.2 Å². The molecular weight excluding hydrogens is 146 g/mol. The zero-order valence-corrected chi connectivity index (χ0v) is 8.31. The molecule has 0 spiro atoms. The zero-order valence-electron chi connectivity index (χ0n) is 8.31.